The standard InChI is InChI=1S/C23H25N3O5/c1-30-17-7-3-14(4-8-17)11-19-23(29)26-13-16(12-20(26)22(28)25-19)24-21(27)15-5-9-18(31-2)10-6-15/h3-10,16,19-20H,11-13H2,1-2H3,(H,24,27)(H,25,28)/t16-,19-,20-/m0/s1. The Morgan fingerprint density at radius 2 is 1.65 bits per heavy atom. The highest BCUT2D eigenvalue weighted by molar-refractivity contribution is 5.98. The number of piperazine rings is 1. The maximum absolute atomic E-state index is 13.0. The molecule has 0 spiro atoms. The number of fused-ring (bicyclic) bond motifs is 1. The fourth-order valence-electron chi connectivity index (χ4n) is 4.11. The number of amides is 3. The highest BCUT2D eigenvalue weighted by Crippen LogP contribution is 2.25. The summed E-state index contributed by atoms with van der Waals surface area (Å²) in [5.74, 6) is 0.855. The molecule has 0 unspecified atom stereocenters. The average molecular weight is 423 g/mol. The number of benzene rings is 2. The zero-order valence-electron chi connectivity index (χ0n) is 17.5. The van der Waals surface area contributed by atoms with Crippen LogP contribution in [0.1, 0.15) is 22.3 Å². The normalized spacial score (nSPS) is 22.5. The second-order valence-corrected chi connectivity index (χ2v) is 7.75. The molecule has 0 bridgehead atoms. The van der Waals surface area contributed by atoms with Gasteiger partial charge in [0.1, 0.15) is 23.6 Å². The van der Waals surface area contributed by atoms with Crippen LogP contribution in [0.2, 0.25) is 0 Å². The molecule has 31 heavy (non-hydrogen) atoms. The van der Waals surface area contributed by atoms with Gasteiger partial charge in [-0.15, -0.1) is 0 Å². The van der Waals surface area contributed by atoms with Gasteiger partial charge in [0, 0.05) is 24.6 Å². The van der Waals surface area contributed by atoms with E-state index in [-0.39, 0.29) is 23.8 Å². The number of ether oxygens (including phenoxy) is 2. The molecule has 162 valence electrons. The van der Waals surface area contributed by atoms with Crippen LogP contribution in [0.15, 0.2) is 48.5 Å². The van der Waals surface area contributed by atoms with Gasteiger partial charge in [0.15, 0.2) is 0 Å². The van der Waals surface area contributed by atoms with E-state index in [1.54, 1.807) is 43.4 Å². The maximum atomic E-state index is 13.0. The van der Waals surface area contributed by atoms with Crippen LogP contribution in [0.4, 0.5) is 0 Å². The molecule has 2 aliphatic rings. The van der Waals surface area contributed by atoms with Crippen LogP contribution in [0, 0.1) is 0 Å². The topological polar surface area (TPSA) is 97.0 Å². The summed E-state index contributed by atoms with van der Waals surface area (Å²) in [6.07, 6.45) is 0.801. The summed E-state index contributed by atoms with van der Waals surface area (Å²) in [4.78, 5) is 39.8. The Labute approximate surface area is 180 Å². The molecule has 2 aliphatic heterocycles. The van der Waals surface area contributed by atoms with Crippen molar-refractivity contribution in [3.8, 4) is 11.5 Å². The number of methoxy groups -OCH3 is 2. The SMILES string of the molecule is COc1ccc(C[C@@H]2NC(=O)[C@@H]3C[C@H](NC(=O)c4ccc(OC)cc4)CN3C2=O)cc1. The second kappa shape index (κ2) is 8.67. The van der Waals surface area contributed by atoms with Crippen molar-refractivity contribution in [3.05, 3.63) is 59.7 Å². The Morgan fingerprint density at radius 1 is 1.03 bits per heavy atom. The Bertz CT molecular complexity index is 974. The third-order valence-corrected chi connectivity index (χ3v) is 5.79. The minimum absolute atomic E-state index is 0.124. The molecule has 3 atom stereocenters. The van der Waals surface area contributed by atoms with Gasteiger partial charge in [-0.2, -0.15) is 0 Å². The van der Waals surface area contributed by atoms with Crippen LogP contribution < -0.4 is 20.1 Å². The number of carbonyl (C=O) groups is 3. The van der Waals surface area contributed by atoms with Crippen molar-refractivity contribution in [1.29, 1.82) is 0 Å². The third-order valence-electron chi connectivity index (χ3n) is 5.79. The predicted octanol–water partition coefficient (Wildman–Crippen LogP) is 1.14. The molecule has 4 rings (SSSR count). The molecule has 2 saturated heterocycles. The van der Waals surface area contributed by atoms with E-state index in [2.05, 4.69) is 10.6 Å². The van der Waals surface area contributed by atoms with Gasteiger partial charge in [-0.1, -0.05) is 12.1 Å². The summed E-state index contributed by atoms with van der Waals surface area (Å²) in [6, 6.07) is 12.8. The molecule has 8 heteroatoms. The number of nitrogens with one attached hydrogen (secondary N) is 2. The number of rotatable bonds is 6. The lowest BCUT2D eigenvalue weighted by atomic mass is 10.0. The van der Waals surface area contributed by atoms with Gasteiger partial charge in [0.25, 0.3) is 5.91 Å². The van der Waals surface area contributed by atoms with Gasteiger partial charge in [0.05, 0.1) is 14.2 Å². The van der Waals surface area contributed by atoms with Crippen LogP contribution in [0.5, 0.6) is 11.5 Å². The fourth-order valence-corrected chi connectivity index (χ4v) is 4.11. The monoisotopic (exact) mass is 423 g/mol. The molecule has 0 radical (unpaired) electrons. The van der Waals surface area contributed by atoms with E-state index in [9.17, 15) is 14.4 Å². The van der Waals surface area contributed by atoms with E-state index in [1.165, 1.54) is 0 Å². The second-order valence-electron chi connectivity index (χ2n) is 7.75. The minimum Gasteiger partial charge on any atom is -0.497 e. The molecule has 8 nitrogen and oxygen atoms in total. The molecule has 2 N–H and O–H groups in total. The summed E-state index contributed by atoms with van der Waals surface area (Å²) in [5, 5.41) is 5.78. The van der Waals surface area contributed by atoms with Gasteiger partial charge in [-0.05, 0) is 48.4 Å². The molecular formula is C23H25N3O5. The molecule has 2 aromatic carbocycles. The summed E-state index contributed by atoms with van der Waals surface area (Å²) in [6.45, 7) is 0.317. The summed E-state index contributed by atoms with van der Waals surface area (Å²) < 4.78 is 10.3. The van der Waals surface area contributed by atoms with E-state index >= 15 is 0 Å². The molecule has 2 fully saturated rings. The van der Waals surface area contributed by atoms with Crippen LogP contribution >= 0.6 is 0 Å². The molecule has 0 aromatic heterocycles. The van der Waals surface area contributed by atoms with Gasteiger partial charge < -0.3 is 25.0 Å². The maximum Gasteiger partial charge on any atom is 0.251 e. The first-order chi connectivity index (χ1) is 15.0. The van der Waals surface area contributed by atoms with Crippen molar-refractivity contribution in [1.82, 2.24) is 15.5 Å². The molecule has 0 aliphatic carbocycles. The van der Waals surface area contributed by atoms with Crippen molar-refractivity contribution in [2.75, 3.05) is 20.8 Å². The highest BCUT2D eigenvalue weighted by Gasteiger charge is 2.46. The Hall–Kier alpha value is -3.55. The van der Waals surface area contributed by atoms with Crippen LogP contribution in [0.3, 0.4) is 0 Å². The zero-order chi connectivity index (χ0) is 22.0. The highest BCUT2D eigenvalue weighted by atomic mass is 16.5. The Balaban J connectivity index is 1.39. The van der Waals surface area contributed by atoms with Crippen molar-refractivity contribution >= 4 is 17.7 Å². The van der Waals surface area contributed by atoms with Crippen LogP contribution in [0.25, 0.3) is 0 Å². The van der Waals surface area contributed by atoms with E-state index in [1.807, 2.05) is 24.3 Å². The number of hydrogen-bond donors (Lipinski definition) is 2. The van der Waals surface area contributed by atoms with Crippen molar-refractivity contribution < 1.29 is 23.9 Å². The van der Waals surface area contributed by atoms with Crippen molar-refractivity contribution in [2.45, 2.75) is 31.0 Å². The molecule has 2 heterocycles. The summed E-state index contributed by atoms with van der Waals surface area (Å²) in [5.41, 5.74) is 1.43. The number of carbonyl (C=O) groups excluding carboxylic acids is 3. The molecule has 2 aromatic rings. The fraction of sp³-hybridized carbons (Fsp3) is 0.348. The van der Waals surface area contributed by atoms with E-state index in [4.69, 9.17) is 9.47 Å². The smallest absolute Gasteiger partial charge is 0.251 e. The molecule has 0 saturated carbocycles. The third kappa shape index (κ3) is 4.33. The van der Waals surface area contributed by atoms with Crippen molar-refractivity contribution in [3.63, 3.8) is 0 Å². The van der Waals surface area contributed by atoms with E-state index < -0.39 is 12.1 Å². The minimum atomic E-state index is -0.617. The predicted molar refractivity (Wildman–Crippen MR) is 113 cm³/mol. The van der Waals surface area contributed by atoms with E-state index in [0.717, 1.165) is 11.3 Å². The van der Waals surface area contributed by atoms with Gasteiger partial charge in [0.2, 0.25) is 11.8 Å². The van der Waals surface area contributed by atoms with Crippen molar-refractivity contribution in [2.24, 2.45) is 0 Å². The Kier molecular flexibility index (Phi) is 5.79. The number of nitrogens with zero attached hydrogens (tertiary/aromatic N) is 1. The summed E-state index contributed by atoms with van der Waals surface area (Å²) in [7, 11) is 3.16. The first kappa shape index (κ1) is 20.7. The van der Waals surface area contributed by atoms with Gasteiger partial charge in [-0.25, -0.2) is 0 Å². The molecular weight excluding hydrogens is 398 g/mol. The average Bonchev–Trinajstić information content (AvgIpc) is 3.22. The first-order valence-corrected chi connectivity index (χ1v) is 10.2. The summed E-state index contributed by atoms with van der Waals surface area (Å²) >= 11 is 0. The van der Waals surface area contributed by atoms with E-state index in [0.29, 0.717) is 30.7 Å². The lowest BCUT2D eigenvalue weighted by Crippen LogP contribution is -2.61. The quantitative estimate of drug-likeness (QED) is 0.727. The Morgan fingerprint density at radius 3 is 2.26 bits per heavy atom. The number of hydrogen-bond acceptors (Lipinski definition) is 5. The van der Waals surface area contributed by atoms with Gasteiger partial charge in [-0.3, -0.25) is 14.4 Å². The first-order valence-electron chi connectivity index (χ1n) is 10.2. The molecule has 3 amide bonds. The lowest BCUT2D eigenvalue weighted by Gasteiger charge is -2.34. The lowest BCUT2D eigenvalue weighted by molar-refractivity contribution is -0.147. The van der Waals surface area contributed by atoms with Crippen LogP contribution in [-0.4, -0.2) is 61.5 Å². The van der Waals surface area contributed by atoms with Crippen LogP contribution in [-0.2, 0) is 16.0 Å². The van der Waals surface area contributed by atoms with Gasteiger partial charge >= 0.3 is 0 Å². The zero-order valence-corrected chi connectivity index (χ0v) is 17.5. The largest absolute Gasteiger partial charge is 0.497 e.